The Kier molecular flexibility index (Phi) is 6.90. The predicted molar refractivity (Wildman–Crippen MR) is 88.0 cm³/mol. The van der Waals surface area contributed by atoms with E-state index < -0.39 is 5.60 Å². The zero-order chi connectivity index (χ0) is 15.9. The van der Waals surface area contributed by atoms with Crippen molar-refractivity contribution >= 4 is 5.91 Å². The van der Waals surface area contributed by atoms with E-state index in [0.29, 0.717) is 17.7 Å². The van der Waals surface area contributed by atoms with Gasteiger partial charge in [0.05, 0.1) is 5.60 Å². The summed E-state index contributed by atoms with van der Waals surface area (Å²) < 4.78 is 0. The highest BCUT2D eigenvalue weighted by Crippen LogP contribution is 2.26. The van der Waals surface area contributed by atoms with Crippen LogP contribution in [0.4, 0.5) is 0 Å². The second-order valence-corrected chi connectivity index (χ2v) is 6.22. The van der Waals surface area contributed by atoms with Gasteiger partial charge in [-0.2, -0.15) is 0 Å². The molecule has 0 unspecified atom stereocenters. The van der Waals surface area contributed by atoms with Crippen molar-refractivity contribution in [2.45, 2.75) is 64.9 Å². The minimum absolute atomic E-state index is 0.143. The van der Waals surface area contributed by atoms with E-state index in [9.17, 15) is 9.90 Å². The summed E-state index contributed by atoms with van der Waals surface area (Å²) in [4.78, 5) is 12.4. The molecular weight excluding hydrogens is 262 g/mol. The summed E-state index contributed by atoms with van der Waals surface area (Å²) in [5.41, 5.74) is 1.51. The Morgan fingerprint density at radius 1 is 1.24 bits per heavy atom. The Balaban J connectivity index is 2.70. The molecule has 0 aliphatic heterocycles. The van der Waals surface area contributed by atoms with Crippen LogP contribution in [0.3, 0.4) is 0 Å². The van der Waals surface area contributed by atoms with Gasteiger partial charge in [-0.15, -0.1) is 0 Å². The van der Waals surface area contributed by atoms with Crippen LogP contribution in [0.5, 0.6) is 0 Å². The van der Waals surface area contributed by atoms with E-state index in [0.717, 1.165) is 31.3 Å². The number of nitrogens with one attached hydrogen (secondary N) is 1. The molecule has 0 aromatic carbocycles. The van der Waals surface area contributed by atoms with E-state index in [-0.39, 0.29) is 5.91 Å². The van der Waals surface area contributed by atoms with Crippen LogP contribution in [0.2, 0.25) is 0 Å². The van der Waals surface area contributed by atoms with Crippen molar-refractivity contribution < 1.29 is 9.90 Å². The number of aliphatic hydroxyl groups is 1. The average Bonchev–Trinajstić information content (AvgIpc) is 2.62. The van der Waals surface area contributed by atoms with Crippen molar-refractivity contribution in [3.8, 4) is 0 Å². The van der Waals surface area contributed by atoms with Crippen molar-refractivity contribution in [1.82, 2.24) is 5.32 Å². The fourth-order valence-corrected chi connectivity index (χ4v) is 2.88. The lowest BCUT2D eigenvalue weighted by Crippen LogP contribution is -2.43. The fourth-order valence-electron chi connectivity index (χ4n) is 2.88. The molecule has 0 atom stereocenters. The van der Waals surface area contributed by atoms with Crippen molar-refractivity contribution in [3.63, 3.8) is 0 Å². The van der Waals surface area contributed by atoms with Crippen LogP contribution in [0.1, 0.15) is 59.3 Å². The maximum atomic E-state index is 12.4. The van der Waals surface area contributed by atoms with Gasteiger partial charge in [-0.25, -0.2) is 0 Å². The molecule has 1 aliphatic carbocycles. The van der Waals surface area contributed by atoms with Gasteiger partial charge in [0, 0.05) is 12.1 Å². The molecule has 0 bridgehead atoms. The van der Waals surface area contributed by atoms with E-state index in [1.165, 1.54) is 12.8 Å². The maximum Gasteiger partial charge on any atom is 0.251 e. The third-order valence-electron chi connectivity index (χ3n) is 4.03. The Hall–Kier alpha value is -1.35. The number of hydrogen-bond acceptors (Lipinski definition) is 2. The molecule has 1 rings (SSSR count). The van der Waals surface area contributed by atoms with Gasteiger partial charge in [-0.1, -0.05) is 50.0 Å². The molecule has 1 fully saturated rings. The first kappa shape index (κ1) is 17.7. The molecule has 0 heterocycles. The number of amides is 1. The van der Waals surface area contributed by atoms with Gasteiger partial charge >= 0.3 is 0 Å². The van der Waals surface area contributed by atoms with Crippen molar-refractivity contribution in [2.75, 3.05) is 6.54 Å². The highest BCUT2D eigenvalue weighted by atomic mass is 16.3. The number of carbonyl (C=O) groups excluding carboxylic acids is 1. The van der Waals surface area contributed by atoms with Crippen molar-refractivity contribution in [3.05, 3.63) is 35.5 Å². The summed E-state index contributed by atoms with van der Waals surface area (Å²) in [7, 11) is 0. The smallest absolute Gasteiger partial charge is 0.251 e. The Morgan fingerprint density at radius 3 is 2.29 bits per heavy atom. The lowest BCUT2D eigenvalue weighted by atomic mass is 9.94. The van der Waals surface area contributed by atoms with Gasteiger partial charge in [-0.3, -0.25) is 4.79 Å². The minimum atomic E-state index is -0.749. The van der Waals surface area contributed by atoms with E-state index in [1.54, 1.807) is 0 Å². The topological polar surface area (TPSA) is 49.3 Å². The molecule has 0 aromatic heterocycles. The maximum absolute atomic E-state index is 12.4. The largest absolute Gasteiger partial charge is 0.388 e. The number of hydrogen-bond donors (Lipinski definition) is 2. The predicted octanol–water partition coefficient (Wildman–Crippen LogP) is 3.66. The number of carbonyl (C=O) groups is 1. The van der Waals surface area contributed by atoms with Gasteiger partial charge in [0.15, 0.2) is 0 Å². The highest BCUT2D eigenvalue weighted by molar-refractivity contribution is 5.99. The summed E-state index contributed by atoms with van der Waals surface area (Å²) in [5.74, 6) is -0.143. The van der Waals surface area contributed by atoms with E-state index in [2.05, 4.69) is 11.9 Å². The molecule has 1 amide bonds. The SMILES string of the molecule is C=C(/C=C\C)C(C(=O)NCC1(O)CCCCCC1)=C(C)C. The molecular formula is C18H29NO2. The summed E-state index contributed by atoms with van der Waals surface area (Å²) in [6, 6.07) is 0. The van der Waals surface area contributed by atoms with Crippen LogP contribution in [0.15, 0.2) is 35.5 Å². The quantitative estimate of drug-likeness (QED) is 0.461. The monoisotopic (exact) mass is 291 g/mol. The Bertz CT molecular complexity index is 434. The summed E-state index contributed by atoms with van der Waals surface area (Å²) in [6.45, 7) is 9.99. The fraction of sp³-hybridized carbons (Fsp3) is 0.611. The van der Waals surface area contributed by atoms with Crippen LogP contribution in [-0.4, -0.2) is 23.2 Å². The van der Waals surface area contributed by atoms with Crippen LogP contribution < -0.4 is 5.32 Å². The molecule has 0 saturated heterocycles. The average molecular weight is 291 g/mol. The lowest BCUT2D eigenvalue weighted by molar-refractivity contribution is -0.118. The molecule has 0 radical (unpaired) electrons. The Labute approximate surface area is 128 Å². The van der Waals surface area contributed by atoms with Crippen molar-refractivity contribution in [2.24, 2.45) is 0 Å². The first-order valence-corrected chi connectivity index (χ1v) is 7.89. The van der Waals surface area contributed by atoms with Crippen LogP contribution in [-0.2, 0) is 4.79 Å². The van der Waals surface area contributed by atoms with Crippen LogP contribution in [0, 0.1) is 0 Å². The third-order valence-corrected chi connectivity index (χ3v) is 4.03. The molecule has 1 aliphatic rings. The molecule has 1 saturated carbocycles. The summed E-state index contributed by atoms with van der Waals surface area (Å²) >= 11 is 0. The first-order chi connectivity index (χ1) is 9.89. The zero-order valence-corrected chi connectivity index (χ0v) is 13.7. The van der Waals surface area contributed by atoms with Crippen LogP contribution in [0.25, 0.3) is 0 Å². The van der Waals surface area contributed by atoms with Gasteiger partial charge < -0.3 is 10.4 Å². The van der Waals surface area contributed by atoms with E-state index in [1.807, 2.05) is 32.9 Å². The summed E-state index contributed by atoms with van der Waals surface area (Å²) in [6.07, 6.45) is 9.67. The highest BCUT2D eigenvalue weighted by Gasteiger charge is 2.28. The van der Waals surface area contributed by atoms with Gasteiger partial charge in [0.2, 0.25) is 0 Å². The van der Waals surface area contributed by atoms with Crippen molar-refractivity contribution in [1.29, 1.82) is 0 Å². The normalized spacial score (nSPS) is 18.1. The van der Waals surface area contributed by atoms with E-state index in [4.69, 9.17) is 0 Å². The molecule has 118 valence electrons. The van der Waals surface area contributed by atoms with Gasteiger partial charge in [0.25, 0.3) is 5.91 Å². The second-order valence-electron chi connectivity index (χ2n) is 6.22. The number of rotatable bonds is 5. The van der Waals surface area contributed by atoms with Gasteiger partial charge in [-0.05, 0) is 39.2 Å². The molecule has 3 nitrogen and oxygen atoms in total. The molecule has 2 N–H and O–H groups in total. The first-order valence-electron chi connectivity index (χ1n) is 7.89. The standard InChI is InChI=1S/C18H29NO2/c1-5-10-15(4)16(14(2)3)17(20)19-13-18(21)11-8-6-7-9-12-18/h5,10,21H,4,6-9,11-13H2,1-3H3,(H,19,20)/b10-5-. The van der Waals surface area contributed by atoms with E-state index >= 15 is 0 Å². The van der Waals surface area contributed by atoms with Gasteiger partial charge in [0.1, 0.15) is 0 Å². The lowest BCUT2D eigenvalue weighted by Gasteiger charge is -2.27. The number of allylic oxidation sites excluding steroid dienone is 3. The Morgan fingerprint density at radius 2 is 1.81 bits per heavy atom. The zero-order valence-electron chi connectivity index (χ0n) is 13.7. The minimum Gasteiger partial charge on any atom is -0.388 e. The molecule has 21 heavy (non-hydrogen) atoms. The summed E-state index contributed by atoms with van der Waals surface area (Å²) in [5, 5.41) is 13.5. The third kappa shape index (κ3) is 5.50. The molecule has 0 aromatic rings. The molecule has 3 heteroatoms. The second kappa shape index (κ2) is 8.18. The molecule has 0 spiro atoms. The van der Waals surface area contributed by atoms with Crippen LogP contribution >= 0.6 is 0 Å².